The number of ether oxygens (including phenoxy) is 1. The minimum atomic E-state index is 0.407. The van der Waals surface area contributed by atoms with Crippen LogP contribution in [0.4, 0.5) is 0 Å². The van der Waals surface area contributed by atoms with E-state index in [0.717, 1.165) is 13.0 Å². The lowest BCUT2D eigenvalue weighted by atomic mass is 9.94. The first-order valence-electron chi connectivity index (χ1n) is 6.12. The lowest BCUT2D eigenvalue weighted by molar-refractivity contribution is 0.0608. The van der Waals surface area contributed by atoms with Gasteiger partial charge in [0.25, 0.3) is 0 Å². The molecule has 0 aromatic carbocycles. The van der Waals surface area contributed by atoms with E-state index < -0.39 is 0 Å². The van der Waals surface area contributed by atoms with Gasteiger partial charge in [0.1, 0.15) is 0 Å². The van der Waals surface area contributed by atoms with Crippen LogP contribution in [-0.2, 0) is 11.2 Å². The summed E-state index contributed by atoms with van der Waals surface area (Å²) in [4.78, 5) is 1.48. The van der Waals surface area contributed by atoms with E-state index in [9.17, 15) is 0 Å². The largest absolute Gasteiger partial charge is 0.376 e. The second-order valence-electron chi connectivity index (χ2n) is 4.61. The second kappa shape index (κ2) is 5.80. The van der Waals surface area contributed by atoms with Crippen LogP contribution in [0.25, 0.3) is 0 Å². The lowest BCUT2D eigenvalue weighted by Crippen LogP contribution is -2.40. The van der Waals surface area contributed by atoms with Gasteiger partial charge in [-0.1, -0.05) is 13.0 Å². The van der Waals surface area contributed by atoms with Crippen molar-refractivity contribution < 1.29 is 4.74 Å². The van der Waals surface area contributed by atoms with E-state index in [2.05, 4.69) is 29.8 Å². The summed E-state index contributed by atoms with van der Waals surface area (Å²) >= 11 is 1.85. The molecule has 1 aromatic heterocycles. The Kier molecular flexibility index (Phi) is 4.38. The van der Waals surface area contributed by atoms with E-state index in [1.54, 1.807) is 0 Å². The van der Waals surface area contributed by atoms with Crippen molar-refractivity contribution in [3.8, 4) is 0 Å². The van der Waals surface area contributed by atoms with Gasteiger partial charge in [-0.15, -0.1) is 11.3 Å². The molecule has 3 heteroatoms. The summed E-state index contributed by atoms with van der Waals surface area (Å²) < 4.78 is 5.83. The molecule has 16 heavy (non-hydrogen) atoms. The zero-order chi connectivity index (χ0) is 11.4. The molecular weight excluding hydrogens is 218 g/mol. The van der Waals surface area contributed by atoms with Crippen LogP contribution >= 0.6 is 11.3 Å². The average Bonchev–Trinajstić information content (AvgIpc) is 2.92. The Labute approximate surface area is 102 Å². The van der Waals surface area contributed by atoms with Crippen LogP contribution in [0.2, 0.25) is 0 Å². The smallest absolute Gasteiger partial charge is 0.0754 e. The van der Waals surface area contributed by atoms with E-state index in [1.165, 1.54) is 17.7 Å². The predicted molar refractivity (Wildman–Crippen MR) is 69.0 cm³/mol. The zero-order valence-electron chi connectivity index (χ0n) is 10.1. The number of thiophene rings is 1. The molecule has 0 amide bonds. The van der Waals surface area contributed by atoms with Crippen LogP contribution in [0.15, 0.2) is 17.5 Å². The minimum absolute atomic E-state index is 0.407. The summed E-state index contributed by atoms with van der Waals surface area (Å²) in [6.07, 6.45) is 3.95. The first-order chi connectivity index (χ1) is 7.81. The minimum Gasteiger partial charge on any atom is -0.376 e. The highest BCUT2D eigenvalue weighted by atomic mass is 32.1. The van der Waals surface area contributed by atoms with Gasteiger partial charge in [0.2, 0.25) is 0 Å². The summed E-state index contributed by atoms with van der Waals surface area (Å²) in [6.45, 7) is 3.23. The van der Waals surface area contributed by atoms with E-state index in [1.807, 2.05) is 18.4 Å². The number of rotatable bonds is 5. The van der Waals surface area contributed by atoms with Crippen molar-refractivity contribution in [1.82, 2.24) is 5.32 Å². The molecule has 2 rings (SSSR count). The SMILES string of the molecule is CNC(CCc1cccs1)C1OCCC1C. The molecule has 3 unspecified atom stereocenters. The fraction of sp³-hybridized carbons (Fsp3) is 0.692. The molecular formula is C13H21NOS. The van der Waals surface area contributed by atoms with Gasteiger partial charge in [-0.25, -0.2) is 0 Å². The van der Waals surface area contributed by atoms with Crippen molar-refractivity contribution in [2.75, 3.05) is 13.7 Å². The lowest BCUT2D eigenvalue weighted by Gasteiger charge is -2.25. The Hall–Kier alpha value is -0.380. The fourth-order valence-electron chi connectivity index (χ4n) is 2.46. The molecule has 0 spiro atoms. The highest BCUT2D eigenvalue weighted by molar-refractivity contribution is 7.09. The van der Waals surface area contributed by atoms with Crippen LogP contribution in [0.3, 0.4) is 0 Å². The Balaban J connectivity index is 1.85. The van der Waals surface area contributed by atoms with Gasteiger partial charge in [0.15, 0.2) is 0 Å². The van der Waals surface area contributed by atoms with Crippen molar-refractivity contribution in [3.05, 3.63) is 22.4 Å². The average molecular weight is 239 g/mol. The van der Waals surface area contributed by atoms with Crippen LogP contribution in [0, 0.1) is 5.92 Å². The Bertz CT molecular complexity index is 299. The molecule has 1 aliphatic rings. The van der Waals surface area contributed by atoms with Gasteiger partial charge in [-0.05, 0) is 43.7 Å². The molecule has 0 saturated carbocycles. The molecule has 1 aromatic rings. The predicted octanol–water partition coefficient (Wildman–Crippen LogP) is 2.69. The Morgan fingerprint density at radius 2 is 2.50 bits per heavy atom. The summed E-state index contributed by atoms with van der Waals surface area (Å²) in [5.41, 5.74) is 0. The van der Waals surface area contributed by atoms with E-state index in [-0.39, 0.29) is 0 Å². The molecule has 1 N–H and O–H groups in total. The van der Waals surface area contributed by atoms with Crippen molar-refractivity contribution >= 4 is 11.3 Å². The molecule has 0 radical (unpaired) electrons. The van der Waals surface area contributed by atoms with Crippen LogP contribution in [-0.4, -0.2) is 25.8 Å². The van der Waals surface area contributed by atoms with Crippen molar-refractivity contribution in [3.63, 3.8) is 0 Å². The van der Waals surface area contributed by atoms with Crippen LogP contribution in [0.5, 0.6) is 0 Å². The molecule has 2 heterocycles. The molecule has 1 saturated heterocycles. The molecule has 1 aliphatic heterocycles. The highest BCUT2D eigenvalue weighted by Gasteiger charge is 2.30. The molecule has 1 fully saturated rings. The van der Waals surface area contributed by atoms with Crippen molar-refractivity contribution in [2.45, 2.75) is 38.3 Å². The molecule has 90 valence electrons. The van der Waals surface area contributed by atoms with E-state index in [0.29, 0.717) is 18.1 Å². The first-order valence-corrected chi connectivity index (χ1v) is 7.00. The normalized spacial score (nSPS) is 27.1. The maximum absolute atomic E-state index is 5.83. The van der Waals surface area contributed by atoms with Gasteiger partial charge in [0.05, 0.1) is 6.10 Å². The van der Waals surface area contributed by atoms with E-state index >= 15 is 0 Å². The molecule has 0 aliphatic carbocycles. The summed E-state index contributed by atoms with van der Waals surface area (Å²) in [6, 6.07) is 4.85. The van der Waals surface area contributed by atoms with E-state index in [4.69, 9.17) is 4.74 Å². The van der Waals surface area contributed by atoms with Gasteiger partial charge in [-0.3, -0.25) is 0 Å². The zero-order valence-corrected chi connectivity index (χ0v) is 10.9. The topological polar surface area (TPSA) is 21.3 Å². The van der Waals surface area contributed by atoms with Gasteiger partial charge >= 0.3 is 0 Å². The number of nitrogens with one attached hydrogen (secondary N) is 1. The fourth-order valence-corrected chi connectivity index (χ4v) is 3.18. The summed E-state index contributed by atoms with van der Waals surface area (Å²) in [5.74, 6) is 0.695. The van der Waals surface area contributed by atoms with Gasteiger partial charge < -0.3 is 10.1 Å². The second-order valence-corrected chi connectivity index (χ2v) is 5.65. The third kappa shape index (κ3) is 2.84. The Morgan fingerprint density at radius 3 is 3.06 bits per heavy atom. The summed E-state index contributed by atoms with van der Waals surface area (Å²) in [5, 5.41) is 5.57. The highest BCUT2D eigenvalue weighted by Crippen LogP contribution is 2.25. The number of hydrogen-bond acceptors (Lipinski definition) is 3. The summed E-state index contributed by atoms with van der Waals surface area (Å²) in [7, 11) is 2.05. The molecule has 2 nitrogen and oxygen atoms in total. The number of hydrogen-bond donors (Lipinski definition) is 1. The molecule has 0 bridgehead atoms. The first kappa shape index (κ1) is 12.1. The van der Waals surface area contributed by atoms with Gasteiger partial charge in [-0.2, -0.15) is 0 Å². The Morgan fingerprint density at radius 1 is 1.62 bits per heavy atom. The molecule has 3 atom stereocenters. The number of aryl methyl sites for hydroxylation is 1. The third-order valence-corrected chi connectivity index (χ3v) is 4.43. The monoisotopic (exact) mass is 239 g/mol. The quantitative estimate of drug-likeness (QED) is 0.853. The maximum Gasteiger partial charge on any atom is 0.0754 e. The van der Waals surface area contributed by atoms with Crippen LogP contribution < -0.4 is 5.32 Å². The van der Waals surface area contributed by atoms with Crippen molar-refractivity contribution in [1.29, 1.82) is 0 Å². The van der Waals surface area contributed by atoms with Crippen molar-refractivity contribution in [2.24, 2.45) is 5.92 Å². The van der Waals surface area contributed by atoms with Gasteiger partial charge in [0, 0.05) is 17.5 Å². The third-order valence-electron chi connectivity index (χ3n) is 3.49. The number of likely N-dealkylation sites (N-methyl/N-ethyl adjacent to an activating group) is 1. The maximum atomic E-state index is 5.83. The standard InChI is InChI=1S/C13H21NOS/c1-10-7-8-15-13(10)12(14-2)6-5-11-4-3-9-16-11/h3-4,9-10,12-14H,5-8H2,1-2H3. The van der Waals surface area contributed by atoms with Crippen LogP contribution in [0.1, 0.15) is 24.6 Å².